The van der Waals surface area contributed by atoms with Crippen LogP contribution < -0.4 is 0 Å². The van der Waals surface area contributed by atoms with Crippen molar-refractivity contribution in [3.05, 3.63) is 29.4 Å². The van der Waals surface area contributed by atoms with Gasteiger partial charge in [-0.05, 0) is 6.07 Å². The van der Waals surface area contributed by atoms with Gasteiger partial charge < -0.3 is 25.3 Å². The zero-order valence-electron chi connectivity index (χ0n) is 11.3. The lowest BCUT2D eigenvalue weighted by molar-refractivity contribution is -0.147. The predicted octanol–water partition coefficient (Wildman–Crippen LogP) is 0.194. The molecule has 0 aliphatic carbocycles. The van der Waals surface area contributed by atoms with Crippen molar-refractivity contribution in [3.63, 3.8) is 0 Å². The van der Waals surface area contributed by atoms with E-state index in [-0.39, 0.29) is 30.2 Å². The lowest BCUT2D eigenvalue weighted by atomic mass is 10.2. The van der Waals surface area contributed by atoms with Crippen molar-refractivity contribution < 1.29 is 24.5 Å². The van der Waals surface area contributed by atoms with Crippen LogP contribution in [0.4, 0.5) is 0 Å². The maximum atomic E-state index is 11.4. The molecule has 0 aromatic carbocycles. The zero-order chi connectivity index (χ0) is 15.6. The fraction of sp³-hybridized carbons (Fsp3) is 0.385. The van der Waals surface area contributed by atoms with Gasteiger partial charge in [-0.3, -0.25) is 9.78 Å². The Hall–Kier alpha value is -2.64. The second-order valence-corrected chi connectivity index (χ2v) is 4.70. The molecule has 2 rings (SSSR count). The normalized spacial score (nSPS) is 21.1. The van der Waals surface area contributed by atoms with Gasteiger partial charge in [0.05, 0.1) is 12.7 Å². The summed E-state index contributed by atoms with van der Waals surface area (Å²) >= 11 is 0. The summed E-state index contributed by atoms with van der Waals surface area (Å²) in [4.78, 5) is 27.4. The number of nitrogens with zero attached hydrogens (tertiary/aromatic N) is 3. The topological polar surface area (TPSA) is 122 Å². The summed E-state index contributed by atoms with van der Waals surface area (Å²) in [7, 11) is 0. The van der Waals surface area contributed by atoms with Crippen molar-refractivity contribution in [1.82, 2.24) is 9.88 Å². The Morgan fingerprint density at radius 2 is 2.24 bits per heavy atom. The van der Waals surface area contributed by atoms with Crippen LogP contribution in [0.1, 0.15) is 18.9 Å². The number of pyridine rings is 1. The van der Waals surface area contributed by atoms with E-state index in [4.69, 9.17) is 9.84 Å². The number of hydrogen-bond donors (Lipinski definition) is 2. The molecule has 2 N–H and O–H groups in total. The molecule has 2 atom stereocenters. The van der Waals surface area contributed by atoms with E-state index in [0.29, 0.717) is 0 Å². The van der Waals surface area contributed by atoms with Gasteiger partial charge in [-0.15, -0.1) is 0 Å². The third-order valence-corrected chi connectivity index (χ3v) is 3.26. The maximum Gasteiger partial charge on any atom is 0.326 e. The van der Waals surface area contributed by atoms with Gasteiger partial charge >= 0.3 is 5.97 Å². The fourth-order valence-electron chi connectivity index (χ4n) is 2.25. The number of aliphatic carboxylic acids is 1. The number of carboxylic acid groups (broad SMARTS) is 1. The molecule has 0 bridgehead atoms. The second kappa shape index (κ2) is 5.78. The van der Waals surface area contributed by atoms with E-state index in [0.717, 1.165) is 6.20 Å². The number of aromatic nitrogens is 1. The van der Waals surface area contributed by atoms with Gasteiger partial charge in [0.2, 0.25) is 5.91 Å². The molecule has 0 radical (unpaired) electrons. The predicted molar refractivity (Wildman–Crippen MR) is 71.7 cm³/mol. The molecule has 8 heteroatoms. The first-order chi connectivity index (χ1) is 9.90. The molecular formula is C13H14N3O5-. The van der Waals surface area contributed by atoms with Gasteiger partial charge in [-0.1, -0.05) is 0 Å². The van der Waals surface area contributed by atoms with Crippen molar-refractivity contribution in [2.24, 2.45) is 0 Å². The van der Waals surface area contributed by atoms with E-state index in [2.05, 4.69) is 4.98 Å². The Morgan fingerprint density at radius 3 is 2.76 bits per heavy atom. The number of carboxylic acids is 1. The number of aromatic hydroxyl groups is 1. The average Bonchev–Trinajstić information content (AvgIpc) is 2.83. The van der Waals surface area contributed by atoms with Crippen LogP contribution in [0.5, 0.6) is 5.75 Å². The van der Waals surface area contributed by atoms with Crippen molar-refractivity contribution in [1.29, 1.82) is 0 Å². The average molecular weight is 292 g/mol. The van der Waals surface area contributed by atoms with Crippen LogP contribution in [0.3, 0.4) is 0 Å². The summed E-state index contributed by atoms with van der Waals surface area (Å²) in [6.07, 6.45) is 1.91. The second-order valence-electron chi connectivity index (χ2n) is 4.70. The maximum absolute atomic E-state index is 11.4. The zero-order valence-corrected chi connectivity index (χ0v) is 11.3. The van der Waals surface area contributed by atoms with E-state index in [1.54, 1.807) is 0 Å². The van der Waals surface area contributed by atoms with E-state index >= 15 is 0 Å². The Balaban J connectivity index is 2.08. The first-order valence-corrected chi connectivity index (χ1v) is 6.26. The minimum absolute atomic E-state index is 0.0538. The Bertz CT molecular complexity index is 567. The van der Waals surface area contributed by atoms with Gasteiger partial charge in [0, 0.05) is 31.0 Å². The fourth-order valence-corrected chi connectivity index (χ4v) is 2.25. The van der Waals surface area contributed by atoms with Gasteiger partial charge in [-0.25, -0.2) is 4.79 Å². The molecule has 1 aliphatic rings. The van der Waals surface area contributed by atoms with Gasteiger partial charge in [0.15, 0.2) is 0 Å². The van der Waals surface area contributed by atoms with Crippen LogP contribution in [0, 0.1) is 0 Å². The molecule has 112 valence electrons. The van der Waals surface area contributed by atoms with Crippen LogP contribution in [-0.4, -0.2) is 56.6 Å². The van der Waals surface area contributed by atoms with Gasteiger partial charge in [0.1, 0.15) is 17.9 Å². The first-order valence-electron chi connectivity index (χ1n) is 6.26. The monoisotopic (exact) mass is 292 g/mol. The van der Waals surface area contributed by atoms with Crippen LogP contribution in [0.15, 0.2) is 18.5 Å². The van der Waals surface area contributed by atoms with E-state index < -0.39 is 24.0 Å². The number of carbonyl (C=O) groups is 2. The molecule has 8 nitrogen and oxygen atoms in total. The highest BCUT2D eigenvalue weighted by molar-refractivity contribution is 5.99. The number of rotatable bonds is 3. The first kappa shape index (κ1) is 14.8. The molecule has 1 aromatic heterocycles. The van der Waals surface area contributed by atoms with Crippen molar-refractivity contribution in [2.45, 2.75) is 25.5 Å². The van der Waals surface area contributed by atoms with E-state index in [1.165, 1.54) is 24.1 Å². The molecule has 1 fully saturated rings. The molecule has 1 saturated heterocycles. The molecule has 1 amide bonds. The minimum Gasteiger partial charge on any atom is -0.771 e. The standard InChI is InChI=1S/C13H14N3O5/c1-7(17)16-6-8(4-10(16)13(19)20)21-12(14)9-2-3-15-5-11(9)18/h2-3,5,8,10,18H,4,6H2,1H3,(H,19,20)/q-1/t8-,10-/m0/s1. The molecule has 0 unspecified atom stereocenters. The molecule has 0 saturated carbocycles. The summed E-state index contributed by atoms with van der Waals surface area (Å²) in [6, 6.07) is 0.378. The molecule has 0 spiro atoms. The van der Waals surface area contributed by atoms with Gasteiger partial charge in [-0.2, -0.15) is 0 Å². The summed E-state index contributed by atoms with van der Waals surface area (Å²) in [6.45, 7) is 1.33. The highest BCUT2D eigenvalue weighted by Crippen LogP contribution is 2.23. The summed E-state index contributed by atoms with van der Waals surface area (Å²) in [5.41, 5.74) is 0.0538. The number of ether oxygens (including phenoxy) is 1. The number of carbonyl (C=O) groups excluding carboxylic acids is 1. The van der Waals surface area contributed by atoms with Crippen LogP contribution >= 0.6 is 0 Å². The molecular weight excluding hydrogens is 278 g/mol. The van der Waals surface area contributed by atoms with E-state index in [1.807, 2.05) is 0 Å². The Kier molecular flexibility index (Phi) is 4.06. The molecule has 1 aliphatic heterocycles. The van der Waals surface area contributed by atoms with Gasteiger partial charge in [0.25, 0.3) is 0 Å². The smallest absolute Gasteiger partial charge is 0.326 e. The lowest BCUT2D eigenvalue weighted by Gasteiger charge is -2.21. The highest BCUT2D eigenvalue weighted by Gasteiger charge is 2.39. The lowest BCUT2D eigenvalue weighted by Crippen LogP contribution is -2.39. The number of amides is 1. The minimum atomic E-state index is -1.12. The van der Waals surface area contributed by atoms with Crippen molar-refractivity contribution in [3.8, 4) is 5.75 Å². The third kappa shape index (κ3) is 3.10. The summed E-state index contributed by atoms with van der Waals surface area (Å²) in [5, 5.41) is 28.5. The van der Waals surface area contributed by atoms with Crippen LogP contribution in [0.2, 0.25) is 0 Å². The number of likely N-dealkylation sites (tertiary alicyclic amines) is 1. The molecule has 21 heavy (non-hydrogen) atoms. The third-order valence-electron chi connectivity index (χ3n) is 3.26. The van der Waals surface area contributed by atoms with Crippen molar-refractivity contribution in [2.75, 3.05) is 6.54 Å². The quantitative estimate of drug-likeness (QED) is 0.606. The molecule has 2 heterocycles. The Labute approximate surface area is 120 Å². The van der Waals surface area contributed by atoms with E-state index in [9.17, 15) is 20.1 Å². The molecule has 1 aromatic rings. The highest BCUT2D eigenvalue weighted by atomic mass is 16.5. The SMILES string of the molecule is CC(=O)N1C[C@@H](OC(=[N-])c2ccncc2O)C[C@H]1C(=O)O. The Morgan fingerprint density at radius 1 is 1.52 bits per heavy atom. The largest absolute Gasteiger partial charge is 0.771 e. The van der Waals surface area contributed by atoms with Crippen molar-refractivity contribution >= 4 is 17.8 Å². The van der Waals surface area contributed by atoms with Crippen LogP contribution in [0.25, 0.3) is 5.41 Å². The summed E-state index contributed by atoms with van der Waals surface area (Å²) in [5.74, 6) is -2.29. The number of hydrogen-bond acceptors (Lipinski definition) is 5. The summed E-state index contributed by atoms with van der Waals surface area (Å²) < 4.78 is 5.27. The van der Waals surface area contributed by atoms with Crippen LogP contribution in [-0.2, 0) is 14.3 Å².